The van der Waals surface area contributed by atoms with Gasteiger partial charge in [-0.2, -0.15) is 0 Å². The Balaban J connectivity index is 0.000000902. The van der Waals surface area contributed by atoms with Gasteiger partial charge >= 0.3 is 0 Å². The monoisotopic (exact) mass is 322 g/mol. The van der Waals surface area contributed by atoms with E-state index >= 15 is 0 Å². The van der Waals surface area contributed by atoms with Crippen LogP contribution in [0.2, 0.25) is 5.02 Å². The van der Waals surface area contributed by atoms with Gasteiger partial charge in [-0.1, -0.05) is 23.7 Å². The normalized spacial score (nSPS) is 21.1. The second-order valence-electron chi connectivity index (χ2n) is 5.12. The predicted octanol–water partition coefficient (Wildman–Crippen LogP) is 3.54. The molecule has 5 heteroatoms. The van der Waals surface area contributed by atoms with E-state index in [1.807, 2.05) is 12.1 Å². The minimum atomic E-state index is 0. The average Bonchev–Trinajstić information content (AvgIpc) is 3.18. The van der Waals surface area contributed by atoms with Crippen molar-refractivity contribution in [3.8, 4) is 0 Å². The number of halogens is 3. The first-order valence-corrected chi connectivity index (χ1v) is 6.92. The SMILES string of the molecule is Cl.Cl.Clc1ccc([C@@H](C2CC2)N2CCNCC2)cc1. The maximum atomic E-state index is 5.97. The Bertz CT molecular complexity index is 373. The molecule has 1 heterocycles. The summed E-state index contributed by atoms with van der Waals surface area (Å²) in [5.41, 5.74) is 1.44. The fraction of sp³-hybridized carbons (Fsp3) is 0.571. The summed E-state index contributed by atoms with van der Waals surface area (Å²) in [5, 5.41) is 4.26. The van der Waals surface area contributed by atoms with Gasteiger partial charge in [-0.15, -0.1) is 24.8 Å². The van der Waals surface area contributed by atoms with Gasteiger partial charge in [0.2, 0.25) is 0 Å². The Hall–Kier alpha value is 0.01000. The molecular formula is C14H21Cl3N2. The van der Waals surface area contributed by atoms with Crippen molar-refractivity contribution in [1.82, 2.24) is 10.2 Å². The van der Waals surface area contributed by atoms with Crippen molar-refractivity contribution < 1.29 is 0 Å². The molecule has 19 heavy (non-hydrogen) atoms. The minimum Gasteiger partial charge on any atom is -0.314 e. The zero-order valence-corrected chi connectivity index (χ0v) is 13.2. The van der Waals surface area contributed by atoms with E-state index in [0.717, 1.165) is 24.0 Å². The second kappa shape index (κ2) is 7.70. The van der Waals surface area contributed by atoms with E-state index in [1.165, 1.54) is 31.5 Å². The van der Waals surface area contributed by atoms with Crippen molar-refractivity contribution in [2.45, 2.75) is 18.9 Å². The van der Waals surface area contributed by atoms with Crippen LogP contribution in [0.1, 0.15) is 24.4 Å². The van der Waals surface area contributed by atoms with Crippen LogP contribution in [0.25, 0.3) is 0 Å². The summed E-state index contributed by atoms with van der Waals surface area (Å²) in [4.78, 5) is 2.64. The molecule has 1 aromatic carbocycles. The Morgan fingerprint density at radius 3 is 2.16 bits per heavy atom. The lowest BCUT2D eigenvalue weighted by molar-refractivity contribution is 0.156. The molecule has 0 unspecified atom stereocenters. The van der Waals surface area contributed by atoms with Crippen molar-refractivity contribution in [2.24, 2.45) is 5.92 Å². The summed E-state index contributed by atoms with van der Waals surface area (Å²) < 4.78 is 0. The smallest absolute Gasteiger partial charge is 0.0406 e. The first kappa shape index (κ1) is 17.1. The highest BCUT2D eigenvalue weighted by molar-refractivity contribution is 6.30. The quantitative estimate of drug-likeness (QED) is 0.915. The maximum absolute atomic E-state index is 5.97. The standard InChI is InChI=1S/C14H19ClN2.2ClH/c15-13-5-3-12(4-6-13)14(11-1-2-11)17-9-7-16-8-10-17;;/h3-6,11,14,16H,1-2,7-10H2;2*1H/t14-;;/m1../s1. The molecule has 2 fully saturated rings. The largest absolute Gasteiger partial charge is 0.314 e. The molecule has 1 aliphatic heterocycles. The fourth-order valence-electron chi connectivity index (χ4n) is 2.81. The van der Waals surface area contributed by atoms with Gasteiger partial charge in [0.15, 0.2) is 0 Å². The van der Waals surface area contributed by atoms with Gasteiger partial charge in [0.25, 0.3) is 0 Å². The van der Waals surface area contributed by atoms with Crippen molar-refractivity contribution in [2.75, 3.05) is 26.2 Å². The van der Waals surface area contributed by atoms with E-state index < -0.39 is 0 Å². The Morgan fingerprint density at radius 2 is 1.63 bits per heavy atom. The van der Waals surface area contributed by atoms with Crippen LogP contribution in [0, 0.1) is 5.92 Å². The van der Waals surface area contributed by atoms with Crippen LogP contribution in [0.3, 0.4) is 0 Å². The summed E-state index contributed by atoms with van der Waals surface area (Å²) in [6.45, 7) is 4.58. The Labute approximate surface area is 132 Å². The minimum absolute atomic E-state index is 0. The van der Waals surface area contributed by atoms with Crippen LogP contribution in [-0.4, -0.2) is 31.1 Å². The molecule has 0 bridgehead atoms. The van der Waals surface area contributed by atoms with Gasteiger partial charge in [-0.25, -0.2) is 0 Å². The number of hydrogen-bond donors (Lipinski definition) is 1. The van der Waals surface area contributed by atoms with Gasteiger partial charge in [-0.3, -0.25) is 4.90 Å². The van der Waals surface area contributed by atoms with Crippen LogP contribution in [0.4, 0.5) is 0 Å². The summed E-state index contributed by atoms with van der Waals surface area (Å²) in [6.07, 6.45) is 2.77. The Morgan fingerprint density at radius 1 is 1.05 bits per heavy atom. The number of rotatable bonds is 3. The van der Waals surface area contributed by atoms with E-state index in [2.05, 4.69) is 22.3 Å². The first-order valence-electron chi connectivity index (χ1n) is 6.55. The van der Waals surface area contributed by atoms with Gasteiger partial charge < -0.3 is 5.32 Å². The molecule has 2 aliphatic rings. The molecule has 1 aliphatic carbocycles. The third-order valence-corrected chi connectivity index (χ3v) is 4.08. The third-order valence-electron chi connectivity index (χ3n) is 3.83. The van der Waals surface area contributed by atoms with Gasteiger partial charge in [0.1, 0.15) is 0 Å². The Kier molecular flexibility index (Phi) is 6.92. The predicted molar refractivity (Wildman–Crippen MR) is 85.9 cm³/mol. The highest BCUT2D eigenvalue weighted by Gasteiger charge is 2.36. The lowest BCUT2D eigenvalue weighted by Gasteiger charge is -2.35. The van der Waals surface area contributed by atoms with E-state index in [-0.39, 0.29) is 24.8 Å². The molecule has 1 saturated carbocycles. The van der Waals surface area contributed by atoms with Crippen molar-refractivity contribution in [3.63, 3.8) is 0 Å². The van der Waals surface area contributed by atoms with Gasteiger partial charge in [0, 0.05) is 37.2 Å². The van der Waals surface area contributed by atoms with Gasteiger partial charge in [-0.05, 0) is 36.5 Å². The second-order valence-corrected chi connectivity index (χ2v) is 5.56. The lowest BCUT2D eigenvalue weighted by atomic mass is 10.00. The molecule has 1 atom stereocenters. The van der Waals surface area contributed by atoms with Crippen molar-refractivity contribution in [1.29, 1.82) is 0 Å². The van der Waals surface area contributed by atoms with Crippen molar-refractivity contribution in [3.05, 3.63) is 34.9 Å². The van der Waals surface area contributed by atoms with E-state index in [9.17, 15) is 0 Å². The maximum Gasteiger partial charge on any atom is 0.0406 e. The molecule has 0 aromatic heterocycles. The summed E-state index contributed by atoms with van der Waals surface area (Å²) in [6, 6.07) is 9.07. The number of piperazine rings is 1. The van der Waals surface area contributed by atoms with Crippen LogP contribution in [0.15, 0.2) is 24.3 Å². The van der Waals surface area contributed by atoms with Crippen LogP contribution in [0.5, 0.6) is 0 Å². The third kappa shape index (κ3) is 4.24. The van der Waals surface area contributed by atoms with E-state index in [1.54, 1.807) is 0 Å². The summed E-state index contributed by atoms with van der Waals surface area (Å²) in [7, 11) is 0. The van der Waals surface area contributed by atoms with Crippen LogP contribution in [-0.2, 0) is 0 Å². The zero-order chi connectivity index (χ0) is 11.7. The number of nitrogens with zero attached hydrogens (tertiary/aromatic N) is 1. The fourth-order valence-corrected chi connectivity index (χ4v) is 2.94. The first-order chi connectivity index (χ1) is 8.34. The van der Waals surface area contributed by atoms with Crippen LogP contribution >= 0.6 is 36.4 Å². The number of hydrogen-bond acceptors (Lipinski definition) is 2. The zero-order valence-electron chi connectivity index (χ0n) is 10.8. The molecule has 0 spiro atoms. The number of nitrogens with one attached hydrogen (secondary N) is 1. The molecule has 0 radical (unpaired) electrons. The van der Waals surface area contributed by atoms with Crippen molar-refractivity contribution >= 4 is 36.4 Å². The van der Waals surface area contributed by atoms with E-state index in [0.29, 0.717) is 6.04 Å². The molecule has 1 aromatic rings. The topological polar surface area (TPSA) is 15.3 Å². The average molecular weight is 324 g/mol. The molecule has 3 rings (SSSR count). The molecule has 1 saturated heterocycles. The number of benzene rings is 1. The summed E-state index contributed by atoms with van der Waals surface area (Å²) >= 11 is 5.97. The highest BCUT2D eigenvalue weighted by atomic mass is 35.5. The highest BCUT2D eigenvalue weighted by Crippen LogP contribution is 2.44. The van der Waals surface area contributed by atoms with Gasteiger partial charge in [0.05, 0.1) is 0 Å². The lowest BCUT2D eigenvalue weighted by Crippen LogP contribution is -2.45. The molecule has 2 nitrogen and oxygen atoms in total. The molecular weight excluding hydrogens is 303 g/mol. The van der Waals surface area contributed by atoms with E-state index in [4.69, 9.17) is 11.6 Å². The molecule has 1 N–H and O–H groups in total. The van der Waals surface area contributed by atoms with Crippen LogP contribution < -0.4 is 5.32 Å². The molecule has 0 amide bonds. The summed E-state index contributed by atoms with van der Waals surface area (Å²) in [5.74, 6) is 0.870. The molecule has 108 valence electrons.